The Morgan fingerprint density at radius 3 is 2.68 bits per heavy atom. The predicted octanol–water partition coefficient (Wildman–Crippen LogP) is 4.68. The van der Waals surface area contributed by atoms with Crippen molar-refractivity contribution < 1.29 is 4.74 Å². The van der Waals surface area contributed by atoms with Crippen molar-refractivity contribution in [3.63, 3.8) is 0 Å². The average molecular weight is 321 g/mol. The molecule has 1 aromatic carbocycles. The maximum Gasteiger partial charge on any atom is 0.144 e. The van der Waals surface area contributed by atoms with Crippen LogP contribution < -0.4 is 10.1 Å². The molecule has 2 aromatic rings. The third-order valence-corrected chi connectivity index (χ3v) is 3.09. The average Bonchev–Trinajstić information content (AvgIpc) is 2.34. The Bertz CT molecular complexity index is 570. The molecule has 0 aliphatic carbocycles. The van der Waals surface area contributed by atoms with Crippen LogP contribution in [0.3, 0.4) is 0 Å². The second kappa shape index (κ2) is 6.06. The van der Waals surface area contributed by atoms with Crippen LogP contribution in [-0.4, -0.2) is 11.1 Å². The Kier molecular flexibility index (Phi) is 4.43. The summed E-state index contributed by atoms with van der Waals surface area (Å²) in [7, 11) is 0. The molecule has 0 spiro atoms. The molecule has 0 saturated heterocycles. The molecule has 19 heavy (non-hydrogen) atoms. The molecule has 0 bridgehead atoms. The maximum atomic E-state index is 5.78. The number of halogens is 1. The van der Waals surface area contributed by atoms with Gasteiger partial charge in [-0.25, -0.2) is 4.98 Å². The quantitative estimate of drug-likeness (QED) is 0.887. The predicted molar refractivity (Wildman–Crippen MR) is 82.2 cm³/mol. The lowest BCUT2D eigenvalue weighted by atomic mass is 10.2. The fourth-order valence-corrected chi connectivity index (χ4v) is 2.24. The fraction of sp³-hybridized carbons (Fsp3) is 0.267. The molecule has 1 aromatic heterocycles. The minimum atomic E-state index is 0.136. The van der Waals surface area contributed by atoms with Crippen molar-refractivity contribution in [3.05, 3.63) is 46.6 Å². The summed E-state index contributed by atoms with van der Waals surface area (Å²) < 4.78 is 6.71. The van der Waals surface area contributed by atoms with Gasteiger partial charge >= 0.3 is 0 Å². The first-order valence-electron chi connectivity index (χ1n) is 6.21. The second-order valence-electron chi connectivity index (χ2n) is 4.63. The lowest BCUT2D eigenvalue weighted by molar-refractivity contribution is 0.244. The topological polar surface area (TPSA) is 34.2 Å². The molecule has 2 rings (SSSR count). The van der Waals surface area contributed by atoms with Gasteiger partial charge in [0.05, 0.1) is 16.3 Å². The minimum absolute atomic E-state index is 0.136. The van der Waals surface area contributed by atoms with Crippen molar-refractivity contribution in [3.8, 4) is 5.75 Å². The summed E-state index contributed by atoms with van der Waals surface area (Å²) in [4.78, 5) is 4.38. The number of anilines is 2. The van der Waals surface area contributed by atoms with E-state index in [1.807, 2.05) is 57.3 Å². The summed E-state index contributed by atoms with van der Waals surface area (Å²) in [5.74, 6) is 1.61. The van der Waals surface area contributed by atoms with Crippen LogP contribution in [0, 0.1) is 6.92 Å². The number of nitrogens with one attached hydrogen (secondary N) is 1. The van der Waals surface area contributed by atoms with Gasteiger partial charge in [-0.3, -0.25) is 0 Å². The Hall–Kier alpha value is -1.55. The number of hydrogen-bond acceptors (Lipinski definition) is 3. The Balaban J connectivity index is 2.27. The van der Waals surface area contributed by atoms with Crippen molar-refractivity contribution in [2.75, 3.05) is 5.32 Å². The molecule has 0 aliphatic rings. The van der Waals surface area contributed by atoms with Gasteiger partial charge in [0.2, 0.25) is 0 Å². The summed E-state index contributed by atoms with van der Waals surface area (Å²) in [6, 6.07) is 9.88. The standard InChI is InChI=1S/C15H17BrN2O/c1-10(2)19-14-7-5-4-6-13(14)18-15-12(16)8-11(3)9-17-15/h4-10H,1-3H3,(H,17,18). The van der Waals surface area contributed by atoms with E-state index >= 15 is 0 Å². The van der Waals surface area contributed by atoms with Crippen LogP contribution >= 0.6 is 15.9 Å². The molecule has 3 nitrogen and oxygen atoms in total. The molecule has 0 atom stereocenters. The Morgan fingerprint density at radius 2 is 2.00 bits per heavy atom. The van der Waals surface area contributed by atoms with Crippen LogP contribution in [0.25, 0.3) is 0 Å². The van der Waals surface area contributed by atoms with Gasteiger partial charge in [0.1, 0.15) is 11.6 Å². The zero-order valence-electron chi connectivity index (χ0n) is 11.3. The molecule has 100 valence electrons. The van der Waals surface area contributed by atoms with Gasteiger partial charge in [-0.15, -0.1) is 0 Å². The number of aryl methyl sites for hydroxylation is 1. The zero-order valence-corrected chi connectivity index (χ0v) is 12.9. The van der Waals surface area contributed by atoms with E-state index in [1.54, 1.807) is 0 Å². The highest BCUT2D eigenvalue weighted by molar-refractivity contribution is 9.10. The molecule has 0 amide bonds. The van der Waals surface area contributed by atoms with Gasteiger partial charge in [-0.1, -0.05) is 12.1 Å². The van der Waals surface area contributed by atoms with E-state index in [0.717, 1.165) is 27.3 Å². The number of pyridine rings is 1. The van der Waals surface area contributed by atoms with Crippen molar-refractivity contribution in [2.45, 2.75) is 26.9 Å². The Labute approximate surface area is 122 Å². The number of ether oxygens (including phenoxy) is 1. The number of para-hydroxylation sites is 2. The van der Waals surface area contributed by atoms with Gasteiger partial charge in [-0.2, -0.15) is 0 Å². The minimum Gasteiger partial charge on any atom is -0.489 e. The molecule has 0 saturated carbocycles. The van der Waals surface area contributed by atoms with Crippen molar-refractivity contribution >= 4 is 27.4 Å². The largest absolute Gasteiger partial charge is 0.489 e. The van der Waals surface area contributed by atoms with Gasteiger partial charge in [0.15, 0.2) is 0 Å². The summed E-state index contributed by atoms with van der Waals surface area (Å²) in [6.45, 7) is 6.03. The summed E-state index contributed by atoms with van der Waals surface area (Å²) >= 11 is 3.51. The number of nitrogens with zero attached hydrogens (tertiary/aromatic N) is 1. The first kappa shape index (κ1) is 13.9. The molecule has 1 heterocycles. The highest BCUT2D eigenvalue weighted by Crippen LogP contribution is 2.30. The van der Waals surface area contributed by atoms with Crippen molar-refractivity contribution in [1.82, 2.24) is 4.98 Å². The molecule has 0 unspecified atom stereocenters. The van der Waals surface area contributed by atoms with E-state index in [1.165, 1.54) is 0 Å². The highest BCUT2D eigenvalue weighted by atomic mass is 79.9. The first-order chi connectivity index (χ1) is 9.06. The SMILES string of the molecule is Cc1cnc(Nc2ccccc2OC(C)C)c(Br)c1. The third-order valence-electron chi connectivity index (χ3n) is 2.48. The molecular weight excluding hydrogens is 304 g/mol. The third kappa shape index (κ3) is 3.70. The molecule has 0 radical (unpaired) electrons. The van der Waals surface area contributed by atoms with E-state index in [0.29, 0.717) is 0 Å². The lowest BCUT2D eigenvalue weighted by Gasteiger charge is -2.15. The smallest absolute Gasteiger partial charge is 0.144 e. The van der Waals surface area contributed by atoms with Gasteiger partial charge in [-0.05, 0) is 60.5 Å². The van der Waals surface area contributed by atoms with E-state index < -0.39 is 0 Å². The van der Waals surface area contributed by atoms with Crippen molar-refractivity contribution in [1.29, 1.82) is 0 Å². The van der Waals surface area contributed by atoms with E-state index in [-0.39, 0.29) is 6.10 Å². The highest BCUT2D eigenvalue weighted by Gasteiger charge is 2.08. The number of benzene rings is 1. The van der Waals surface area contributed by atoms with Crippen LogP contribution in [0.5, 0.6) is 5.75 Å². The lowest BCUT2D eigenvalue weighted by Crippen LogP contribution is -2.07. The van der Waals surface area contributed by atoms with Crippen LogP contribution in [-0.2, 0) is 0 Å². The monoisotopic (exact) mass is 320 g/mol. The van der Waals surface area contributed by atoms with E-state index in [2.05, 4.69) is 26.2 Å². The number of hydrogen-bond donors (Lipinski definition) is 1. The van der Waals surface area contributed by atoms with Gasteiger partial charge in [0, 0.05) is 6.20 Å². The van der Waals surface area contributed by atoms with Crippen LogP contribution in [0.4, 0.5) is 11.5 Å². The van der Waals surface area contributed by atoms with Gasteiger partial charge < -0.3 is 10.1 Å². The zero-order chi connectivity index (χ0) is 13.8. The molecule has 4 heteroatoms. The number of aromatic nitrogens is 1. The summed E-state index contributed by atoms with van der Waals surface area (Å²) in [5, 5.41) is 3.29. The normalized spacial score (nSPS) is 10.6. The van der Waals surface area contributed by atoms with Crippen LogP contribution in [0.1, 0.15) is 19.4 Å². The van der Waals surface area contributed by atoms with Crippen LogP contribution in [0.15, 0.2) is 41.0 Å². The van der Waals surface area contributed by atoms with Crippen molar-refractivity contribution in [2.24, 2.45) is 0 Å². The molecule has 0 aliphatic heterocycles. The molecular formula is C15H17BrN2O. The fourth-order valence-electron chi connectivity index (χ4n) is 1.68. The summed E-state index contributed by atoms with van der Waals surface area (Å²) in [5.41, 5.74) is 2.03. The maximum absolute atomic E-state index is 5.78. The first-order valence-corrected chi connectivity index (χ1v) is 7.00. The second-order valence-corrected chi connectivity index (χ2v) is 5.49. The summed E-state index contributed by atoms with van der Waals surface area (Å²) in [6.07, 6.45) is 1.97. The van der Waals surface area contributed by atoms with E-state index in [4.69, 9.17) is 4.74 Å². The molecule has 0 fully saturated rings. The van der Waals surface area contributed by atoms with Crippen LogP contribution in [0.2, 0.25) is 0 Å². The molecule has 1 N–H and O–H groups in total. The Morgan fingerprint density at radius 1 is 1.26 bits per heavy atom. The van der Waals surface area contributed by atoms with Gasteiger partial charge in [0.25, 0.3) is 0 Å². The van der Waals surface area contributed by atoms with E-state index in [9.17, 15) is 0 Å². The number of rotatable bonds is 4.